The number of hydrogen-bond acceptors (Lipinski definition) is 3. The zero-order valence-corrected chi connectivity index (χ0v) is 10.4. The Hall–Kier alpha value is -1.76. The van der Waals surface area contributed by atoms with Gasteiger partial charge in [0.05, 0.1) is 17.8 Å². The SMILES string of the molecule is Nc1ccsc1CNc1cc(C(F)(F)F)ccc1F. The van der Waals surface area contributed by atoms with Crippen molar-refractivity contribution in [3.8, 4) is 0 Å². The van der Waals surface area contributed by atoms with Gasteiger partial charge in [0.15, 0.2) is 0 Å². The van der Waals surface area contributed by atoms with E-state index in [1.807, 2.05) is 0 Å². The van der Waals surface area contributed by atoms with Crippen LogP contribution in [0.25, 0.3) is 0 Å². The quantitative estimate of drug-likeness (QED) is 0.835. The van der Waals surface area contributed by atoms with Crippen molar-refractivity contribution in [1.29, 1.82) is 0 Å². The number of thiophene rings is 1. The molecule has 0 bridgehead atoms. The molecular formula is C12H10F4N2S. The lowest BCUT2D eigenvalue weighted by Crippen LogP contribution is -2.08. The van der Waals surface area contributed by atoms with Crippen LogP contribution in [0, 0.1) is 5.82 Å². The molecule has 1 heterocycles. The van der Waals surface area contributed by atoms with Crippen molar-refractivity contribution >= 4 is 22.7 Å². The molecule has 0 atom stereocenters. The Morgan fingerprint density at radius 3 is 2.53 bits per heavy atom. The third kappa shape index (κ3) is 3.17. The average molecular weight is 290 g/mol. The normalized spacial score (nSPS) is 11.6. The van der Waals surface area contributed by atoms with Gasteiger partial charge in [-0.1, -0.05) is 0 Å². The first-order valence-electron chi connectivity index (χ1n) is 5.30. The zero-order chi connectivity index (χ0) is 14.0. The summed E-state index contributed by atoms with van der Waals surface area (Å²) in [5.74, 6) is -0.733. The van der Waals surface area contributed by atoms with Gasteiger partial charge in [-0.3, -0.25) is 0 Å². The highest BCUT2D eigenvalue weighted by Gasteiger charge is 2.31. The van der Waals surface area contributed by atoms with E-state index < -0.39 is 17.6 Å². The first-order valence-corrected chi connectivity index (χ1v) is 6.18. The maximum Gasteiger partial charge on any atom is 0.416 e. The van der Waals surface area contributed by atoms with E-state index in [4.69, 9.17) is 5.73 Å². The van der Waals surface area contributed by atoms with Crippen molar-refractivity contribution in [1.82, 2.24) is 0 Å². The van der Waals surface area contributed by atoms with Crippen LogP contribution < -0.4 is 11.1 Å². The molecule has 0 spiro atoms. The fourth-order valence-corrected chi connectivity index (χ4v) is 2.25. The van der Waals surface area contributed by atoms with Gasteiger partial charge in [0.2, 0.25) is 0 Å². The molecule has 0 amide bonds. The first kappa shape index (κ1) is 13.7. The van der Waals surface area contributed by atoms with Crippen molar-refractivity contribution in [3.05, 3.63) is 45.9 Å². The smallest absolute Gasteiger partial charge is 0.398 e. The molecular weight excluding hydrogens is 280 g/mol. The largest absolute Gasteiger partial charge is 0.416 e. The van der Waals surface area contributed by atoms with E-state index >= 15 is 0 Å². The van der Waals surface area contributed by atoms with Crippen LogP contribution in [0.3, 0.4) is 0 Å². The summed E-state index contributed by atoms with van der Waals surface area (Å²) in [6, 6.07) is 3.94. The molecule has 7 heteroatoms. The lowest BCUT2D eigenvalue weighted by molar-refractivity contribution is -0.137. The molecule has 0 saturated heterocycles. The number of alkyl halides is 3. The van der Waals surface area contributed by atoms with Crippen LogP contribution >= 0.6 is 11.3 Å². The van der Waals surface area contributed by atoms with Crippen molar-refractivity contribution in [2.75, 3.05) is 11.1 Å². The Bertz CT molecular complexity index is 577. The van der Waals surface area contributed by atoms with E-state index in [1.165, 1.54) is 11.3 Å². The molecule has 2 rings (SSSR count). The van der Waals surface area contributed by atoms with Gasteiger partial charge in [0.25, 0.3) is 0 Å². The number of nitrogen functional groups attached to an aromatic ring is 1. The summed E-state index contributed by atoms with van der Waals surface area (Å²) in [5.41, 5.74) is 5.09. The maximum atomic E-state index is 13.4. The number of hydrogen-bond donors (Lipinski definition) is 2. The molecule has 102 valence electrons. The molecule has 0 aliphatic carbocycles. The monoisotopic (exact) mass is 290 g/mol. The molecule has 0 aliphatic heterocycles. The molecule has 0 radical (unpaired) electrons. The third-order valence-electron chi connectivity index (χ3n) is 2.51. The van der Waals surface area contributed by atoms with Gasteiger partial charge in [0, 0.05) is 10.6 Å². The molecule has 2 aromatic rings. The van der Waals surface area contributed by atoms with Gasteiger partial charge in [-0.2, -0.15) is 13.2 Å². The molecule has 0 saturated carbocycles. The van der Waals surface area contributed by atoms with Crippen LogP contribution in [0.5, 0.6) is 0 Å². The van der Waals surface area contributed by atoms with Crippen molar-refractivity contribution in [3.63, 3.8) is 0 Å². The third-order valence-corrected chi connectivity index (χ3v) is 3.45. The number of benzene rings is 1. The molecule has 0 unspecified atom stereocenters. The van der Waals surface area contributed by atoms with Crippen LogP contribution in [-0.4, -0.2) is 0 Å². The van der Waals surface area contributed by atoms with Gasteiger partial charge in [-0.15, -0.1) is 11.3 Å². The predicted octanol–water partition coefficient (Wildman–Crippen LogP) is 4.10. The van der Waals surface area contributed by atoms with E-state index in [0.29, 0.717) is 11.8 Å². The summed E-state index contributed by atoms with van der Waals surface area (Å²) in [6.45, 7) is 0.182. The summed E-state index contributed by atoms with van der Waals surface area (Å²) in [4.78, 5) is 0.747. The second kappa shape index (κ2) is 5.08. The van der Waals surface area contributed by atoms with E-state index in [1.54, 1.807) is 11.4 Å². The molecule has 1 aromatic heterocycles. The van der Waals surface area contributed by atoms with Gasteiger partial charge < -0.3 is 11.1 Å². The van der Waals surface area contributed by atoms with Crippen LogP contribution in [0.4, 0.5) is 28.9 Å². The number of nitrogens with one attached hydrogen (secondary N) is 1. The van der Waals surface area contributed by atoms with E-state index in [2.05, 4.69) is 5.32 Å². The predicted molar refractivity (Wildman–Crippen MR) is 67.5 cm³/mol. The number of anilines is 2. The minimum absolute atomic E-state index is 0.182. The topological polar surface area (TPSA) is 38.0 Å². The first-order chi connectivity index (χ1) is 8.88. The molecule has 2 nitrogen and oxygen atoms in total. The number of rotatable bonds is 3. The second-order valence-corrected chi connectivity index (χ2v) is 4.85. The number of halogens is 4. The highest BCUT2D eigenvalue weighted by molar-refractivity contribution is 7.10. The maximum absolute atomic E-state index is 13.4. The van der Waals surface area contributed by atoms with Crippen molar-refractivity contribution < 1.29 is 17.6 Å². The molecule has 1 aromatic carbocycles. The van der Waals surface area contributed by atoms with Crippen molar-refractivity contribution in [2.24, 2.45) is 0 Å². The molecule has 0 fully saturated rings. The summed E-state index contributed by atoms with van der Waals surface area (Å²) in [6.07, 6.45) is -4.49. The summed E-state index contributed by atoms with van der Waals surface area (Å²) >= 11 is 1.35. The molecule has 19 heavy (non-hydrogen) atoms. The Morgan fingerprint density at radius 1 is 1.21 bits per heavy atom. The van der Waals surface area contributed by atoms with Crippen LogP contribution in [-0.2, 0) is 12.7 Å². The van der Waals surface area contributed by atoms with E-state index in [9.17, 15) is 17.6 Å². The van der Waals surface area contributed by atoms with Gasteiger partial charge in [0.1, 0.15) is 5.82 Å². The van der Waals surface area contributed by atoms with Crippen LogP contribution in [0.15, 0.2) is 29.6 Å². The Labute approximate surface area is 110 Å². The van der Waals surface area contributed by atoms with Gasteiger partial charge in [-0.05, 0) is 29.6 Å². The van der Waals surface area contributed by atoms with Crippen LogP contribution in [0.1, 0.15) is 10.4 Å². The Kier molecular flexibility index (Phi) is 3.66. The molecule has 0 aliphatic rings. The van der Waals surface area contributed by atoms with Crippen molar-refractivity contribution in [2.45, 2.75) is 12.7 Å². The number of nitrogens with two attached hydrogens (primary N) is 1. The highest BCUT2D eigenvalue weighted by atomic mass is 32.1. The Morgan fingerprint density at radius 2 is 1.95 bits per heavy atom. The zero-order valence-electron chi connectivity index (χ0n) is 9.59. The minimum Gasteiger partial charge on any atom is -0.398 e. The Balaban J connectivity index is 2.18. The fourth-order valence-electron chi connectivity index (χ4n) is 1.51. The van der Waals surface area contributed by atoms with Gasteiger partial charge >= 0.3 is 6.18 Å². The summed E-state index contributed by atoms with van der Waals surface area (Å²) < 4.78 is 51.0. The molecule has 3 N–H and O–H groups in total. The summed E-state index contributed by atoms with van der Waals surface area (Å²) in [7, 11) is 0. The second-order valence-electron chi connectivity index (χ2n) is 3.85. The average Bonchev–Trinajstić information content (AvgIpc) is 2.72. The highest BCUT2D eigenvalue weighted by Crippen LogP contribution is 2.32. The summed E-state index contributed by atoms with van der Waals surface area (Å²) in [5, 5.41) is 4.38. The lowest BCUT2D eigenvalue weighted by Gasteiger charge is -2.11. The van der Waals surface area contributed by atoms with Crippen LogP contribution in [0.2, 0.25) is 0 Å². The van der Waals surface area contributed by atoms with E-state index in [-0.39, 0.29) is 12.2 Å². The fraction of sp³-hybridized carbons (Fsp3) is 0.167. The van der Waals surface area contributed by atoms with E-state index in [0.717, 1.165) is 17.0 Å². The van der Waals surface area contributed by atoms with Gasteiger partial charge in [-0.25, -0.2) is 4.39 Å². The minimum atomic E-state index is -4.49. The lowest BCUT2D eigenvalue weighted by atomic mass is 10.2. The standard InChI is InChI=1S/C12H10F4N2S/c13-8-2-1-7(12(14,15)16)5-10(8)18-6-11-9(17)3-4-19-11/h1-5,18H,6,17H2.